The second-order valence-electron chi connectivity index (χ2n) is 5.49. The third-order valence-corrected chi connectivity index (χ3v) is 4.00. The minimum Gasteiger partial charge on any atom is -0.267 e. The molecule has 0 saturated heterocycles. The van der Waals surface area contributed by atoms with Crippen molar-refractivity contribution in [1.82, 2.24) is 10.4 Å². The van der Waals surface area contributed by atoms with Crippen LogP contribution in [0.1, 0.15) is 47.5 Å². The van der Waals surface area contributed by atoms with Crippen molar-refractivity contribution >= 4 is 11.6 Å². The molecule has 0 unspecified atom stereocenters. The summed E-state index contributed by atoms with van der Waals surface area (Å²) in [6, 6.07) is 13.9. The molecule has 1 aromatic carbocycles. The highest BCUT2D eigenvalue weighted by atomic mass is 16.2. The Hall–Kier alpha value is -2.49. The van der Waals surface area contributed by atoms with Crippen molar-refractivity contribution < 1.29 is 4.79 Å². The summed E-state index contributed by atoms with van der Waals surface area (Å²) in [6.45, 7) is 0. The van der Waals surface area contributed by atoms with Crippen molar-refractivity contribution in [2.75, 3.05) is 0 Å². The Kier molecular flexibility index (Phi) is 4.59. The third kappa shape index (κ3) is 3.39. The fraction of sp³-hybridized carbons (Fsp3) is 0.278. The van der Waals surface area contributed by atoms with Gasteiger partial charge in [-0.05, 0) is 37.0 Å². The second-order valence-corrected chi connectivity index (χ2v) is 5.49. The number of benzene rings is 1. The van der Waals surface area contributed by atoms with Crippen LogP contribution in [0, 0.1) is 0 Å². The minimum atomic E-state index is -0.210. The molecule has 1 aliphatic rings. The number of hydrazone groups is 1. The minimum absolute atomic E-state index is 0.210. The first kappa shape index (κ1) is 14.4. The zero-order valence-electron chi connectivity index (χ0n) is 12.4. The molecule has 0 spiro atoms. The number of amides is 1. The summed E-state index contributed by atoms with van der Waals surface area (Å²) in [6.07, 6.45) is 7.55. The number of nitrogens with zero attached hydrogens (tertiary/aromatic N) is 2. The average Bonchev–Trinajstić information content (AvgIpc) is 2.61. The van der Waals surface area contributed by atoms with Crippen LogP contribution in [0.15, 0.2) is 60.0 Å². The summed E-state index contributed by atoms with van der Waals surface area (Å²) in [5, 5.41) is 4.41. The van der Waals surface area contributed by atoms with Gasteiger partial charge in [-0.1, -0.05) is 36.8 Å². The summed E-state index contributed by atoms with van der Waals surface area (Å²) < 4.78 is 0. The number of hydrogen-bond donors (Lipinski definition) is 1. The van der Waals surface area contributed by atoms with Gasteiger partial charge in [-0.3, -0.25) is 9.78 Å². The summed E-state index contributed by atoms with van der Waals surface area (Å²) >= 11 is 0. The Bertz CT molecular complexity index is 653. The van der Waals surface area contributed by atoms with Gasteiger partial charge in [0.05, 0.1) is 5.56 Å². The molecule has 0 bridgehead atoms. The molecule has 1 N–H and O–H groups in total. The first-order valence-corrected chi connectivity index (χ1v) is 7.66. The molecule has 4 heteroatoms. The van der Waals surface area contributed by atoms with Crippen LogP contribution in [0.25, 0.3) is 0 Å². The summed E-state index contributed by atoms with van der Waals surface area (Å²) in [5.41, 5.74) is 5.54. The lowest BCUT2D eigenvalue weighted by Crippen LogP contribution is -2.24. The number of aromatic nitrogens is 1. The van der Waals surface area contributed by atoms with Crippen LogP contribution in [0.4, 0.5) is 0 Å². The summed E-state index contributed by atoms with van der Waals surface area (Å²) in [4.78, 5) is 16.0. The lowest BCUT2D eigenvalue weighted by atomic mass is 9.82. The topological polar surface area (TPSA) is 54.4 Å². The van der Waals surface area contributed by atoms with Crippen LogP contribution in [-0.2, 0) is 0 Å². The number of pyridine rings is 1. The molecule has 3 rings (SSSR count). The maximum Gasteiger partial charge on any atom is 0.272 e. The number of rotatable bonds is 3. The van der Waals surface area contributed by atoms with E-state index in [1.165, 1.54) is 12.0 Å². The summed E-state index contributed by atoms with van der Waals surface area (Å²) in [5.74, 6) is 0.0992. The van der Waals surface area contributed by atoms with E-state index in [0.29, 0.717) is 11.5 Å². The van der Waals surface area contributed by atoms with E-state index in [1.54, 1.807) is 24.5 Å². The Morgan fingerprint density at radius 2 is 2.00 bits per heavy atom. The molecular formula is C18H19N3O. The van der Waals surface area contributed by atoms with E-state index >= 15 is 0 Å². The number of carbonyl (C=O) groups is 1. The zero-order chi connectivity index (χ0) is 15.2. The van der Waals surface area contributed by atoms with Crippen LogP contribution in [0.2, 0.25) is 0 Å². The van der Waals surface area contributed by atoms with Gasteiger partial charge < -0.3 is 0 Å². The largest absolute Gasteiger partial charge is 0.272 e. The molecule has 0 aliphatic heterocycles. The molecule has 1 heterocycles. The zero-order valence-corrected chi connectivity index (χ0v) is 12.4. The molecule has 1 aliphatic carbocycles. The Labute approximate surface area is 130 Å². The molecule has 1 atom stereocenters. The number of carbonyl (C=O) groups excluding carboxylic acids is 1. The first-order chi connectivity index (χ1) is 10.8. The molecule has 4 nitrogen and oxygen atoms in total. The molecule has 22 heavy (non-hydrogen) atoms. The van der Waals surface area contributed by atoms with Gasteiger partial charge >= 0.3 is 0 Å². The quantitative estimate of drug-likeness (QED) is 0.880. The van der Waals surface area contributed by atoms with Gasteiger partial charge in [0.1, 0.15) is 0 Å². The predicted octanol–water partition coefficient (Wildman–Crippen LogP) is 3.53. The van der Waals surface area contributed by atoms with E-state index in [-0.39, 0.29) is 5.91 Å². The van der Waals surface area contributed by atoms with Gasteiger partial charge in [-0.15, -0.1) is 0 Å². The van der Waals surface area contributed by atoms with E-state index in [9.17, 15) is 4.79 Å². The average molecular weight is 293 g/mol. The van der Waals surface area contributed by atoms with Crippen LogP contribution in [0.5, 0.6) is 0 Å². The van der Waals surface area contributed by atoms with E-state index in [4.69, 9.17) is 0 Å². The molecule has 1 aromatic heterocycles. The molecule has 1 amide bonds. The fourth-order valence-electron chi connectivity index (χ4n) is 2.86. The van der Waals surface area contributed by atoms with E-state index in [2.05, 4.69) is 39.8 Å². The Morgan fingerprint density at radius 3 is 2.77 bits per heavy atom. The van der Waals surface area contributed by atoms with Gasteiger partial charge in [0.25, 0.3) is 5.91 Å². The molecular weight excluding hydrogens is 274 g/mol. The highest BCUT2D eigenvalue weighted by molar-refractivity contribution is 5.96. The maximum absolute atomic E-state index is 12.1. The summed E-state index contributed by atoms with van der Waals surface area (Å²) in [7, 11) is 0. The van der Waals surface area contributed by atoms with E-state index in [0.717, 1.165) is 25.0 Å². The van der Waals surface area contributed by atoms with Crippen LogP contribution in [0.3, 0.4) is 0 Å². The molecule has 1 saturated carbocycles. The van der Waals surface area contributed by atoms with Crippen LogP contribution in [-0.4, -0.2) is 16.6 Å². The first-order valence-electron chi connectivity index (χ1n) is 7.66. The van der Waals surface area contributed by atoms with Crippen molar-refractivity contribution in [3.05, 3.63) is 66.0 Å². The van der Waals surface area contributed by atoms with Crippen LogP contribution >= 0.6 is 0 Å². The standard InChI is InChI=1S/C18H19N3O/c22-18(15-9-6-12-19-13-15)21-20-17-11-5-4-10-16(17)14-7-2-1-3-8-14/h1-3,6-9,12-13,16H,4-5,10-11H2,(H,21,22)/b20-17-/t16-/m0/s1. The lowest BCUT2D eigenvalue weighted by Gasteiger charge is -2.24. The molecule has 112 valence electrons. The van der Waals surface area contributed by atoms with Crippen molar-refractivity contribution in [2.45, 2.75) is 31.6 Å². The van der Waals surface area contributed by atoms with Crippen molar-refractivity contribution in [3.63, 3.8) is 0 Å². The van der Waals surface area contributed by atoms with Gasteiger partial charge in [0.2, 0.25) is 0 Å². The SMILES string of the molecule is O=C(N/N=C1/CCCC[C@H]1c1ccccc1)c1cccnc1. The highest BCUT2D eigenvalue weighted by Crippen LogP contribution is 2.30. The van der Waals surface area contributed by atoms with E-state index in [1.807, 2.05) is 6.07 Å². The molecule has 2 aromatic rings. The molecule has 1 fully saturated rings. The predicted molar refractivity (Wildman–Crippen MR) is 86.8 cm³/mol. The van der Waals surface area contributed by atoms with Gasteiger partial charge in [0.15, 0.2) is 0 Å². The molecule has 0 radical (unpaired) electrons. The van der Waals surface area contributed by atoms with Crippen molar-refractivity contribution in [1.29, 1.82) is 0 Å². The third-order valence-electron chi connectivity index (χ3n) is 4.00. The van der Waals surface area contributed by atoms with Crippen molar-refractivity contribution in [3.8, 4) is 0 Å². The highest BCUT2D eigenvalue weighted by Gasteiger charge is 2.22. The number of hydrogen-bond acceptors (Lipinski definition) is 3. The van der Waals surface area contributed by atoms with Crippen LogP contribution < -0.4 is 5.43 Å². The van der Waals surface area contributed by atoms with Gasteiger partial charge in [0, 0.05) is 24.0 Å². The Balaban J connectivity index is 1.75. The van der Waals surface area contributed by atoms with Gasteiger partial charge in [-0.2, -0.15) is 5.10 Å². The number of nitrogens with one attached hydrogen (secondary N) is 1. The normalized spacial score (nSPS) is 19.8. The van der Waals surface area contributed by atoms with E-state index < -0.39 is 0 Å². The smallest absolute Gasteiger partial charge is 0.267 e. The fourth-order valence-corrected chi connectivity index (χ4v) is 2.86. The second kappa shape index (κ2) is 6.98. The Morgan fingerprint density at radius 1 is 1.14 bits per heavy atom. The monoisotopic (exact) mass is 293 g/mol. The van der Waals surface area contributed by atoms with Gasteiger partial charge in [-0.25, -0.2) is 5.43 Å². The lowest BCUT2D eigenvalue weighted by molar-refractivity contribution is 0.0954. The maximum atomic E-state index is 12.1. The van der Waals surface area contributed by atoms with Crippen molar-refractivity contribution in [2.24, 2.45) is 5.10 Å².